The smallest absolute Gasteiger partial charge is 0.421 e. The second-order valence-electron chi connectivity index (χ2n) is 5.49. The average Bonchev–Trinajstić information content (AvgIpc) is 2.91. The van der Waals surface area contributed by atoms with Crippen molar-refractivity contribution in [3.05, 3.63) is 36.0 Å². The Hall–Kier alpha value is -2.34. The maximum Gasteiger partial charge on any atom is 0.421 e. The molecule has 0 atom stereocenters. The van der Waals surface area contributed by atoms with Gasteiger partial charge in [0.1, 0.15) is 0 Å². The molecule has 124 valence electrons. The Morgan fingerprint density at radius 3 is 2.61 bits per heavy atom. The zero-order valence-electron chi connectivity index (χ0n) is 13.7. The first-order valence-electron chi connectivity index (χ1n) is 7.59. The lowest BCUT2D eigenvalue weighted by Gasteiger charge is -2.08. The predicted molar refractivity (Wildman–Crippen MR) is 87.3 cm³/mol. The van der Waals surface area contributed by atoms with E-state index in [0.717, 1.165) is 29.4 Å². The van der Waals surface area contributed by atoms with Crippen LogP contribution in [0.3, 0.4) is 0 Å². The van der Waals surface area contributed by atoms with Crippen molar-refractivity contribution in [1.29, 1.82) is 0 Å². The van der Waals surface area contributed by atoms with Crippen molar-refractivity contribution in [3.8, 4) is 0 Å². The molecule has 0 radical (unpaired) electrons. The Morgan fingerprint density at radius 1 is 1.17 bits per heavy atom. The van der Waals surface area contributed by atoms with Crippen LogP contribution in [0.15, 0.2) is 30.5 Å². The van der Waals surface area contributed by atoms with Gasteiger partial charge >= 0.3 is 12.1 Å². The highest BCUT2D eigenvalue weighted by molar-refractivity contribution is 5.92. The number of fused-ring (bicyclic) bond motifs is 1. The van der Waals surface area contributed by atoms with Gasteiger partial charge in [-0.25, -0.2) is 4.79 Å². The van der Waals surface area contributed by atoms with Crippen molar-refractivity contribution >= 4 is 23.0 Å². The third kappa shape index (κ3) is 4.32. The van der Waals surface area contributed by atoms with Gasteiger partial charge in [0.05, 0.1) is 5.52 Å². The molecule has 0 amide bonds. The molecule has 0 saturated carbocycles. The SMILES string of the molecule is CCC(=O)OCOC(=O)n1cc(CCN(C)C)c2ccccc21. The number of aromatic nitrogens is 1. The largest absolute Gasteiger partial charge is 0.428 e. The van der Waals surface area contributed by atoms with Crippen molar-refractivity contribution in [2.45, 2.75) is 19.8 Å². The van der Waals surface area contributed by atoms with Crippen LogP contribution < -0.4 is 0 Å². The Kier molecular flexibility index (Phi) is 5.76. The van der Waals surface area contributed by atoms with Crippen LogP contribution in [-0.4, -0.2) is 49.0 Å². The molecule has 0 bridgehead atoms. The summed E-state index contributed by atoms with van der Waals surface area (Å²) >= 11 is 0. The van der Waals surface area contributed by atoms with Crippen molar-refractivity contribution in [3.63, 3.8) is 0 Å². The first-order valence-corrected chi connectivity index (χ1v) is 7.59. The third-order valence-corrected chi connectivity index (χ3v) is 3.51. The summed E-state index contributed by atoms with van der Waals surface area (Å²) in [5, 5.41) is 1.02. The summed E-state index contributed by atoms with van der Waals surface area (Å²) in [6.07, 6.45) is 2.32. The van der Waals surface area contributed by atoms with E-state index in [-0.39, 0.29) is 13.2 Å². The Balaban J connectivity index is 2.16. The van der Waals surface area contributed by atoms with E-state index in [0.29, 0.717) is 0 Å². The molecular weight excluding hydrogens is 296 g/mol. The molecule has 0 aliphatic carbocycles. The number of hydrogen-bond donors (Lipinski definition) is 0. The molecule has 0 N–H and O–H groups in total. The van der Waals surface area contributed by atoms with E-state index in [1.807, 2.05) is 38.4 Å². The van der Waals surface area contributed by atoms with E-state index < -0.39 is 12.1 Å². The van der Waals surface area contributed by atoms with Gasteiger partial charge < -0.3 is 14.4 Å². The number of para-hydroxylation sites is 1. The molecule has 0 saturated heterocycles. The number of likely N-dealkylation sites (N-methyl/N-ethyl adjacent to an activating group) is 1. The molecule has 0 aliphatic heterocycles. The minimum atomic E-state index is -0.554. The lowest BCUT2D eigenvalue weighted by Crippen LogP contribution is -2.17. The topological polar surface area (TPSA) is 60.8 Å². The van der Waals surface area contributed by atoms with Gasteiger partial charge in [-0.3, -0.25) is 9.36 Å². The summed E-state index contributed by atoms with van der Waals surface area (Å²) < 4.78 is 11.3. The first kappa shape index (κ1) is 17.0. The summed E-state index contributed by atoms with van der Waals surface area (Å²) in [4.78, 5) is 25.4. The number of carbonyl (C=O) groups excluding carboxylic acids is 2. The van der Waals surface area contributed by atoms with Gasteiger partial charge in [0.25, 0.3) is 0 Å². The van der Waals surface area contributed by atoms with Crippen molar-refractivity contribution in [1.82, 2.24) is 9.47 Å². The molecule has 2 rings (SSSR count). The number of hydrogen-bond acceptors (Lipinski definition) is 5. The molecule has 1 aromatic carbocycles. The highest BCUT2D eigenvalue weighted by atomic mass is 16.7. The van der Waals surface area contributed by atoms with Gasteiger partial charge in [0.15, 0.2) is 0 Å². The molecule has 23 heavy (non-hydrogen) atoms. The Morgan fingerprint density at radius 2 is 1.91 bits per heavy atom. The van der Waals surface area contributed by atoms with Crippen LogP contribution in [0, 0.1) is 0 Å². The van der Waals surface area contributed by atoms with Crippen LogP contribution in [0.1, 0.15) is 18.9 Å². The third-order valence-electron chi connectivity index (χ3n) is 3.51. The van der Waals surface area contributed by atoms with Crippen molar-refractivity contribution in [2.75, 3.05) is 27.4 Å². The van der Waals surface area contributed by atoms with Gasteiger partial charge in [-0.05, 0) is 32.1 Å². The highest BCUT2D eigenvalue weighted by Gasteiger charge is 2.15. The maximum atomic E-state index is 12.2. The van der Waals surface area contributed by atoms with Gasteiger partial charge in [0, 0.05) is 24.5 Å². The van der Waals surface area contributed by atoms with E-state index in [4.69, 9.17) is 9.47 Å². The summed E-state index contributed by atoms with van der Waals surface area (Å²) in [7, 11) is 4.02. The minimum absolute atomic E-state index is 0.249. The Bertz CT molecular complexity index is 691. The average molecular weight is 318 g/mol. The maximum absolute atomic E-state index is 12.2. The van der Waals surface area contributed by atoms with Crippen molar-refractivity contribution in [2.24, 2.45) is 0 Å². The predicted octanol–water partition coefficient (Wildman–Crippen LogP) is 2.64. The van der Waals surface area contributed by atoms with E-state index in [9.17, 15) is 9.59 Å². The molecule has 0 fully saturated rings. The molecular formula is C17H22N2O4. The second kappa shape index (κ2) is 7.78. The van der Waals surface area contributed by atoms with E-state index in [1.165, 1.54) is 4.57 Å². The van der Waals surface area contributed by atoms with Crippen molar-refractivity contribution < 1.29 is 19.1 Å². The molecule has 6 heteroatoms. The normalized spacial score (nSPS) is 11.0. The summed E-state index contributed by atoms with van der Waals surface area (Å²) in [5.74, 6) is -0.401. The van der Waals surface area contributed by atoms with E-state index in [1.54, 1.807) is 13.1 Å². The molecule has 6 nitrogen and oxygen atoms in total. The summed E-state index contributed by atoms with van der Waals surface area (Å²) in [5.41, 5.74) is 1.87. The first-order chi connectivity index (χ1) is 11.0. The number of nitrogens with zero attached hydrogens (tertiary/aromatic N) is 2. The summed E-state index contributed by atoms with van der Waals surface area (Å²) in [6.45, 7) is 2.20. The lowest BCUT2D eigenvalue weighted by molar-refractivity contribution is -0.151. The fraction of sp³-hybridized carbons (Fsp3) is 0.412. The van der Waals surface area contributed by atoms with Crippen LogP contribution in [-0.2, 0) is 20.7 Å². The summed E-state index contributed by atoms with van der Waals surface area (Å²) in [6, 6.07) is 7.67. The lowest BCUT2D eigenvalue weighted by atomic mass is 10.1. The number of carbonyl (C=O) groups is 2. The second-order valence-corrected chi connectivity index (χ2v) is 5.49. The van der Waals surface area contributed by atoms with Gasteiger partial charge in [-0.1, -0.05) is 25.1 Å². The molecule has 2 aromatic rings. The van der Waals surface area contributed by atoms with Gasteiger partial charge in [0.2, 0.25) is 6.79 Å². The number of ether oxygens (including phenoxy) is 2. The Labute approximate surface area is 135 Å². The van der Waals surface area contributed by atoms with Crippen LogP contribution in [0.2, 0.25) is 0 Å². The standard InChI is InChI=1S/C17H22N2O4/c1-4-16(20)22-12-23-17(21)19-11-13(9-10-18(2)3)14-7-5-6-8-15(14)19/h5-8,11H,4,9-10,12H2,1-3H3. The fourth-order valence-corrected chi connectivity index (χ4v) is 2.26. The number of rotatable bonds is 6. The molecule has 0 aliphatic rings. The van der Waals surface area contributed by atoms with Gasteiger partial charge in [-0.15, -0.1) is 0 Å². The quantitative estimate of drug-likeness (QED) is 0.605. The van der Waals surface area contributed by atoms with Crippen LogP contribution in [0.25, 0.3) is 10.9 Å². The molecule has 1 aromatic heterocycles. The molecule has 0 unspecified atom stereocenters. The molecule has 0 spiro atoms. The van der Waals surface area contributed by atoms with E-state index in [2.05, 4.69) is 4.90 Å². The molecule has 1 heterocycles. The van der Waals surface area contributed by atoms with Crippen LogP contribution in [0.4, 0.5) is 4.79 Å². The highest BCUT2D eigenvalue weighted by Crippen LogP contribution is 2.22. The minimum Gasteiger partial charge on any atom is -0.428 e. The monoisotopic (exact) mass is 318 g/mol. The van der Waals surface area contributed by atoms with Gasteiger partial charge in [-0.2, -0.15) is 0 Å². The van der Waals surface area contributed by atoms with E-state index >= 15 is 0 Å². The number of benzene rings is 1. The number of esters is 1. The fourth-order valence-electron chi connectivity index (χ4n) is 2.26. The zero-order chi connectivity index (χ0) is 16.8. The van der Waals surface area contributed by atoms with Crippen LogP contribution in [0.5, 0.6) is 0 Å². The van der Waals surface area contributed by atoms with Crippen LogP contribution >= 0.6 is 0 Å². The zero-order valence-corrected chi connectivity index (χ0v) is 13.7.